The van der Waals surface area contributed by atoms with Crippen LogP contribution in [0.4, 0.5) is 17.2 Å². The monoisotopic (exact) mass is 801 g/mol. The number of rotatable bonds is 7. The minimum atomic E-state index is -2.79. The van der Waals surface area contributed by atoms with Gasteiger partial charge in [-0.1, -0.05) is 182 Å². The third-order valence-electron chi connectivity index (χ3n) is 16.1. The van der Waals surface area contributed by atoms with E-state index in [4.69, 9.17) is 9.97 Å². The van der Waals surface area contributed by atoms with Crippen LogP contribution in [0.1, 0.15) is 43.2 Å². The van der Waals surface area contributed by atoms with Gasteiger partial charge < -0.3 is 0 Å². The Balaban J connectivity index is 1.03. The summed E-state index contributed by atoms with van der Waals surface area (Å²) in [7, 11) is -2.79. The van der Waals surface area contributed by atoms with Gasteiger partial charge >= 0.3 is 0 Å². The molecule has 0 saturated heterocycles. The van der Waals surface area contributed by atoms with E-state index in [1.165, 1.54) is 75.4 Å². The van der Waals surface area contributed by atoms with Crippen LogP contribution in [0, 0.1) is 29.1 Å². The number of nitrogens with zero attached hydrogens (tertiary/aromatic N) is 3. The second-order valence-electron chi connectivity index (χ2n) is 18.6. The molecule has 7 aromatic carbocycles. The SMILES string of the molecule is c1ccc(-c2cc(N3c4ccccc4C4(c5ccccc53)C3CC5CC6CC4C6(C5)C3)nc(-c3cccc([Si](c4ccccc4)(c4ccccc4)c4ccccc4)c3)n2)cc1. The molecular weight excluding hydrogens is 755 g/mol. The zero-order chi connectivity index (χ0) is 40.2. The van der Waals surface area contributed by atoms with E-state index >= 15 is 0 Å². The molecule has 8 aromatic rings. The Morgan fingerprint density at radius 3 is 1.61 bits per heavy atom. The molecule has 0 N–H and O–H groups in total. The van der Waals surface area contributed by atoms with Crippen LogP contribution in [-0.2, 0) is 5.41 Å². The second-order valence-corrected chi connectivity index (χ2v) is 22.4. The van der Waals surface area contributed by atoms with E-state index in [1.54, 1.807) is 0 Å². The van der Waals surface area contributed by atoms with Gasteiger partial charge in [-0.15, -0.1) is 0 Å². The molecule has 5 aliphatic rings. The Bertz CT molecular complexity index is 2810. The number of hydrogen-bond acceptors (Lipinski definition) is 3. The summed E-state index contributed by atoms with van der Waals surface area (Å²) in [6, 6.07) is 74.4. The summed E-state index contributed by atoms with van der Waals surface area (Å²) in [6.45, 7) is 0. The third-order valence-corrected chi connectivity index (χ3v) is 20.9. The van der Waals surface area contributed by atoms with Crippen molar-refractivity contribution in [2.45, 2.75) is 37.5 Å². The van der Waals surface area contributed by atoms with Gasteiger partial charge in [-0.3, -0.25) is 4.90 Å². The van der Waals surface area contributed by atoms with E-state index in [-0.39, 0.29) is 5.41 Å². The van der Waals surface area contributed by atoms with Crippen molar-refractivity contribution in [3.8, 4) is 22.6 Å². The molecule has 61 heavy (non-hydrogen) atoms. The van der Waals surface area contributed by atoms with Crippen LogP contribution >= 0.6 is 0 Å². The van der Waals surface area contributed by atoms with Crippen molar-refractivity contribution in [3.05, 3.63) is 211 Å². The third kappa shape index (κ3) is 4.85. The lowest BCUT2D eigenvalue weighted by Gasteiger charge is -2.57. The molecule has 5 atom stereocenters. The second kappa shape index (κ2) is 13.3. The number of fused-ring (bicyclic) bond motifs is 8. The highest BCUT2D eigenvalue weighted by atomic mass is 28.3. The predicted octanol–water partition coefficient (Wildman–Crippen LogP) is 10.7. The highest BCUT2D eigenvalue weighted by molar-refractivity contribution is 7.19. The Kier molecular flexibility index (Phi) is 7.73. The van der Waals surface area contributed by atoms with E-state index < -0.39 is 8.07 Å². The van der Waals surface area contributed by atoms with Gasteiger partial charge in [0.05, 0.1) is 17.1 Å². The number of aromatic nitrogens is 2. The Morgan fingerprint density at radius 1 is 0.459 bits per heavy atom. The van der Waals surface area contributed by atoms with Gasteiger partial charge in [0.15, 0.2) is 13.9 Å². The largest absolute Gasteiger partial charge is 0.294 e. The summed E-state index contributed by atoms with van der Waals surface area (Å²) in [5.41, 5.74) is 9.19. The van der Waals surface area contributed by atoms with Gasteiger partial charge in [0.2, 0.25) is 0 Å². The van der Waals surface area contributed by atoms with E-state index in [1.807, 2.05) is 0 Å². The fourth-order valence-electron chi connectivity index (χ4n) is 14.1. The molecule has 5 unspecified atom stereocenters. The van der Waals surface area contributed by atoms with Gasteiger partial charge in [0, 0.05) is 22.6 Å². The number of para-hydroxylation sites is 2. The molecule has 4 fully saturated rings. The zero-order valence-electron chi connectivity index (χ0n) is 34.2. The molecule has 0 radical (unpaired) electrons. The first-order chi connectivity index (χ1) is 30.2. The molecular formula is C57H47N3Si. The van der Waals surface area contributed by atoms with Crippen LogP contribution in [0.2, 0.25) is 0 Å². The molecule has 0 amide bonds. The molecule has 13 rings (SSSR count). The van der Waals surface area contributed by atoms with Gasteiger partial charge in [-0.2, -0.15) is 0 Å². The summed E-state index contributed by atoms with van der Waals surface area (Å²) in [5.74, 6) is 4.85. The quantitative estimate of drug-likeness (QED) is 0.119. The molecule has 294 valence electrons. The summed E-state index contributed by atoms with van der Waals surface area (Å²) in [5, 5.41) is 5.35. The minimum absolute atomic E-state index is 0.0437. The average Bonchev–Trinajstić information content (AvgIpc) is 3.62. The van der Waals surface area contributed by atoms with E-state index in [2.05, 4.69) is 205 Å². The highest BCUT2D eigenvalue weighted by Crippen LogP contribution is 2.83. The van der Waals surface area contributed by atoms with Crippen LogP contribution in [0.15, 0.2) is 200 Å². The van der Waals surface area contributed by atoms with Gasteiger partial charge in [0.1, 0.15) is 5.82 Å². The van der Waals surface area contributed by atoms with Crippen LogP contribution in [0.25, 0.3) is 22.6 Å². The minimum Gasteiger partial charge on any atom is -0.294 e. The molecule has 3 nitrogen and oxygen atoms in total. The molecule has 4 aliphatic carbocycles. The molecule has 2 spiro atoms. The van der Waals surface area contributed by atoms with Crippen molar-refractivity contribution in [1.29, 1.82) is 0 Å². The first-order valence-corrected chi connectivity index (χ1v) is 24.4. The van der Waals surface area contributed by atoms with Crippen molar-refractivity contribution in [2.24, 2.45) is 29.1 Å². The Morgan fingerprint density at radius 2 is 0.984 bits per heavy atom. The topological polar surface area (TPSA) is 29.0 Å². The maximum atomic E-state index is 5.67. The molecule has 3 bridgehead atoms. The summed E-state index contributed by atoms with van der Waals surface area (Å²) >= 11 is 0. The van der Waals surface area contributed by atoms with Crippen LogP contribution in [0.3, 0.4) is 0 Å². The van der Waals surface area contributed by atoms with Gasteiger partial charge in [0.25, 0.3) is 0 Å². The molecule has 2 heterocycles. The maximum absolute atomic E-state index is 5.67. The Labute approximate surface area is 359 Å². The Hall–Kier alpha value is -6.36. The number of anilines is 3. The zero-order valence-corrected chi connectivity index (χ0v) is 35.2. The van der Waals surface area contributed by atoms with E-state index in [0.29, 0.717) is 17.3 Å². The summed E-state index contributed by atoms with van der Waals surface area (Å²) in [6.07, 6.45) is 7.06. The molecule has 1 aromatic heterocycles. The van der Waals surface area contributed by atoms with Gasteiger partial charge in [-0.25, -0.2) is 9.97 Å². The summed E-state index contributed by atoms with van der Waals surface area (Å²) < 4.78 is 0. The molecule has 4 saturated carbocycles. The van der Waals surface area contributed by atoms with E-state index in [9.17, 15) is 0 Å². The number of benzene rings is 7. The predicted molar refractivity (Wildman–Crippen MR) is 251 cm³/mol. The summed E-state index contributed by atoms with van der Waals surface area (Å²) in [4.78, 5) is 13.6. The highest BCUT2D eigenvalue weighted by Gasteiger charge is 2.76. The van der Waals surface area contributed by atoms with Crippen LogP contribution < -0.4 is 25.6 Å². The first kappa shape index (κ1) is 35.4. The molecule has 1 aliphatic heterocycles. The van der Waals surface area contributed by atoms with Crippen molar-refractivity contribution in [2.75, 3.05) is 4.90 Å². The van der Waals surface area contributed by atoms with Crippen LogP contribution in [0.5, 0.6) is 0 Å². The van der Waals surface area contributed by atoms with Crippen molar-refractivity contribution < 1.29 is 0 Å². The fourth-order valence-corrected chi connectivity index (χ4v) is 18.9. The first-order valence-electron chi connectivity index (χ1n) is 22.4. The van der Waals surface area contributed by atoms with Crippen molar-refractivity contribution >= 4 is 46.0 Å². The van der Waals surface area contributed by atoms with Crippen LogP contribution in [-0.4, -0.2) is 18.0 Å². The van der Waals surface area contributed by atoms with E-state index in [0.717, 1.165) is 40.3 Å². The van der Waals surface area contributed by atoms with Crippen molar-refractivity contribution in [3.63, 3.8) is 0 Å². The smallest absolute Gasteiger partial charge is 0.179 e. The lowest BCUT2D eigenvalue weighted by atomic mass is 9.48. The average molecular weight is 802 g/mol. The maximum Gasteiger partial charge on any atom is 0.179 e. The normalized spacial score (nSPS) is 23.6. The van der Waals surface area contributed by atoms with Crippen molar-refractivity contribution in [1.82, 2.24) is 9.97 Å². The standard InChI is InChI=1S/C57H47N3Si/c1-5-18-40(19-6-1)50-36-54(60-51-30-15-13-28-48(51)57(49-29-14-16-31-52(49)60)43-33-39-32-42-35-53(57)56(42,37-39)38-43)59-55(58-50)41-20-17-27-47(34-41)61(44-21-7-2-8-22-44,45-23-9-3-10-24-45)46-25-11-4-12-26-46/h1-31,34,36,39,42-43,53H,32-33,35,37-38H2. The number of hydrogen-bond donors (Lipinski definition) is 0. The fraction of sp³-hybridized carbons (Fsp3) is 0.193. The molecule has 4 heteroatoms. The van der Waals surface area contributed by atoms with Gasteiger partial charge in [-0.05, 0) is 105 Å². The lowest BCUT2D eigenvalue weighted by Crippen LogP contribution is -2.74. The lowest BCUT2D eigenvalue weighted by molar-refractivity contribution is -0.0202.